The molecule has 1 unspecified atom stereocenters. The molecule has 23 heavy (non-hydrogen) atoms. The number of guanidine groups is 1. The molecule has 0 aliphatic heterocycles. The van der Waals surface area contributed by atoms with Gasteiger partial charge in [-0.1, -0.05) is 20.8 Å². The number of hydrogen-bond acceptors (Lipinski definition) is 4. The first kappa shape index (κ1) is 25.2. The van der Waals surface area contributed by atoms with Gasteiger partial charge >= 0.3 is 0 Å². The Morgan fingerprint density at radius 2 is 1.87 bits per heavy atom. The lowest BCUT2D eigenvalue weighted by atomic mass is 9.89. The van der Waals surface area contributed by atoms with Crippen LogP contribution in [-0.2, 0) is 14.6 Å². The average Bonchev–Trinajstić information content (AvgIpc) is 2.37. The lowest BCUT2D eigenvalue weighted by Crippen LogP contribution is -2.43. The van der Waals surface area contributed by atoms with E-state index < -0.39 is 9.84 Å². The molecule has 0 aromatic heterocycles. The second-order valence-electron chi connectivity index (χ2n) is 6.89. The number of ether oxygens (including phenoxy) is 1. The fraction of sp³-hybridized carbons (Fsp3) is 0.933. The monoisotopic (exact) mass is 463 g/mol. The molecule has 0 spiro atoms. The van der Waals surface area contributed by atoms with E-state index in [0.29, 0.717) is 24.6 Å². The molecule has 0 radical (unpaired) electrons. The summed E-state index contributed by atoms with van der Waals surface area (Å²) in [5.74, 6) is 0.803. The van der Waals surface area contributed by atoms with Gasteiger partial charge in [-0.3, -0.25) is 4.99 Å². The summed E-state index contributed by atoms with van der Waals surface area (Å²) in [6.45, 7) is 10.1. The van der Waals surface area contributed by atoms with Gasteiger partial charge in [-0.15, -0.1) is 24.0 Å². The van der Waals surface area contributed by atoms with E-state index >= 15 is 0 Å². The van der Waals surface area contributed by atoms with Crippen LogP contribution in [0.4, 0.5) is 0 Å². The van der Waals surface area contributed by atoms with Gasteiger partial charge in [0.1, 0.15) is 9.84 Å². The van der Waals surface area contributed by atoms with Gasteiger partial charge in [-0.2, -0.15) is 0 Å². The highest BCUT2D eigenvalue weighted by Crippen LogP contribution is 2.21. The van der Waals surface area contributed by atoms with Gasteiger partial charge in [0.15, 0.2) is 5.96 Å². The van der Waals surface area contributed by atoms with Gasteiger partial charge in [0, 0.05) is 25.9 Å². The van der Waals surface area contributed by atoms with Crippen molar-refractivity contribution in [2.75, 3.05) is 38.8 Å². The highest BCUT2D eigenvalue weighted by atomic mass is 127. The standard InChI is InChI=1S/C15H33N3O3S.HI/c1-13(7-8-15(2,3)4)18-14(16-5)17-9-10-21-11-12-22(6,19)20;/h13H,7-12H2,1-6H3,(H2,16,17,18);1H. The summed E-state index contributed by atoms with van der Waals surface area (Å²) < 4.78 is 27.2. The molecule has 0 rings (SSSR count). The Hall–Kier alpha value is -0.0900. The molecule has 0 aliphatic rings. The molecular formula is C15H34IN3O3S. The number of rotatable bonds is 9. The van der Waals surface area contributed by atoms with Gasteiger partial charge in [0.05, 0.1) is 19.0 Å². The minimum Gasteiger partial charge on any atom is -0.379 e. The fourth-order valence-electron chi connectivity index (χ4n) is 1.70. The lowest BCUT2D eigenvalue weighted by molar-refractivity contribution is 0.154. The van der Waals surface area contributed by atoms with E-state index in [9.17, 15) is 8.42 Å². The Bertz CT molecular complexity index is 434. The lowest BCUT2D eigenvalue weighted by Gasteiger charge is -2.23. The quantitative estimate of drug-likeness (QED) is 0.237. The van der Waals surface area contributed by atoms with Crippen molar-refractivity contribution in [3.05, 3.63) is 0 Å². The van der Waals surface area contributed by atoms with Crippen LogP contribution in [0.2, 0.25) is 0 Å². The normalized spacial score (nSPS) is 14.1. The molecule has 0 heterocycles. The zero-order valence-corrected chi connectivity index (χ0v) is 18.5. The van der Waals surface area contributed by atoms with Crippen molar-refractivity contribution in [3.8, 4) is 0 Å². The van der Waals surface area contributed by atoms with E-state index in [1.165, 1.54) is 6.26 Å². The second kappa shape index (κ2) is 12.3. The minimum atomic E-state index is -2.95. The summed E-state index contributed by atoms with van der Waals surface area (Å²) in [7, 11) is -1.22. The molecule has 8 heteroatoms. The summed E-state index contributed by atoms with van der Waals surface area (Å²) >= 11 is 0. The van der Waals surface area contributed by atoms with Gasteiger partial charge in [-0.05, 0) is 25.2 Å². The molecule has 0 saturated carbocycles. The summed E-state index contributed by atoms with van der Waals surface area (Å²) in [4.78, 5) is 4.17. The number of sulfone groups is 1. The van der Waals surface area contributed by atoms with Crippen molar-refractivity contribution in [3.63, 3.8) is 0 Å². The molecule has 2 N–H and O–H groups in total. The van der Waals surface area contributed by atoms with Crippen LogP contribution in [0.3, 0.4) is 0 Å². The summed E-state index contributed by atoms with van der Waals surface area (Å²) in [6.07, 6.45) is 3.43. The maximum Gasteiger partial charge on any atom is 0.191 e. The van der Waals surface area contributed by atoms with Crippen LogP contribution in [0.1, 0.15) is 40.5 Å². The van der Waals surface area contributed by atoms with Crippen molar-refractivity contribution in [1.29, 1.82) is 0 Å². The molecule has 0 amide bonds. The van der Waals surface area contributed by atoms with E-state index in [4.69, 9.17) is 4.74 Å². The van der Waals surface area contributed by atoms with E-state index in [-0.39, 0.29) is 36.3 Å². The number of halogens is 1. The third-order valence-corrected chi connectivity index (χ3v) is 3.98. The largest absolute Gasteiger partial charge is 0.379 e. The molecule has 0 aliphatic carbocycles. The number of nitrogens with one attached hydrogen (secondary N) is 2. The first-order chi connectivity index (χ1) is 10.0. The molecule has 0 fully saturated rings. The molecule has 6 nitrogen and oxygen atoms in total. The molecule has 0 bridgehead atoms. The first-order valence-corrected chi connectivity index (χ1v) is 9.82. The summed E-state index contributed by atoms with van der Waals surface area (Å²) in [6, 6.07) is 0.344. The van der Waals surface area contributed by atoms with Crippen LogP contribution in [-0.4, -0.2) is 59.2 Å². The van der Waals surface area contributed by atoms with Gasteiger partial charge in [-0.25, -0.2) is 8.42 Å². The number of aliphatic imine (C=N–C) groups is 1. The van der Waals surface area contributed by atoms with E-state index in [1.54, 1.807) is 7.05 Å². The zero-order chi connectivity index (χ0) is 17.2. The van der Waals surface area contributed by atoms with E-state index in [2.05, 4.69) is 43.3 Å². The van der Waals surface area contributed by atoms with Crippen molar-refractivity contribution in [1.82, 2.24) is 10.6 Å². The molecule has 0 saturated heterocycles. The highest BCUT2D eigenvalue weighted by Gasteiger charge is 2.13. The number of hydrogen-bond donors (Lipinski definition) is 2. The predicted molar refractivity (Wildman–Crippen MR) is 109 cm³/mol. The first-order valence-electron chi connectivity index (χ1n) is 7.76. The third kappa shape index (κ3) is 18.1. The Kier molecular flexibility index (Phi) is 13.4. The van der Waals surface area contributed by atoms with Crippen LogP contribution >= 0.6 is 24.0 Å². The van der Waals surface area contributed by atoms with Crippen LogP contribution in [0.5, 0.6) is 0 Å². The van der Waals surface area contributed by atoms with Gasteiger partial charge < -0.3 is 15.4 Å². The predicted octanol–water partition coefficient (Wildman–Crippen LogP) is 2.05. The smallest absolute Gasteiger partial charge is 0.191 e. The Morgan fingerprint density at radius 1 is 1.26 bits per heavy atom. The van der Waals surface area contributed by atoms with Gasteiger partial charge in [0.25, 0.3) is 0 Å². The van der Waals surface area contributed by atoms with Crippen LogP contribution in [0, 0.1) is 5.41 Å². The zero-order valence-electron chi connectivity index (χ0n) is 15.3. The van der Waals surface area contributed by atoms with E-state index in [0.717, 1.165) is 18.8 Å². The Labute approximate surface area is 159 Å². The average molecular weight is 463 g/mol. The van der Waals surface area contributed by atoms with Crippen molar-refractivity contribution < 1.29 is 13.2 Å². The summed E-state index contributed by atoms with van der Waals surface area (Å²) in [5.41, 5.74) is 0.334. The molecule has 1 atom stereocenters. The van der Waals surface area contributed by atoms with Crippen LogP contribution in [0.25, 0.3) is 0 Å². The minimum absolute atomic E-state index is 0. The van der Waals surface area contributed by atoms with Crippen LogP contribution < -0.4 is 10.6 Å². The second-order valence-corrected chi connectivity index (χ2v) is 9.15. The van der Waals surface area contributed by atoms with Crippen molar-refractivity contribution >= 4 is 39.8 Å². The molecule has 140 valence electrons. The molecular weight excluding hydrogens is 429 g/mol. The van der Waals surface area contributed by atoms with Crippen molar-refractivity contribution in [2.24, 2.45) is 10.4 Å². The Morgan fingerprint density at radius 3 is 2.35 bits per heavy atom. The maximum absolute atomic E-state index is 10.9. The molecule has 0 aromatic rings. The maximum atomic E-state index is 10.9. The highest BCUT2D eigenvalue weighted by molar-refractivity contribution is 14.0. The van der Waals surface area contributed by atoms with E-state index in [1.807, 2.05) is 0 Å². The Balaban J connectivity index is 0. The number of nitrogens with zero attached hydrogens (tertiary/aromatic N) is 1. The van der Waals surface area contributed by atoms with Crippen molar-refractivity contribution in [2.45, 2.75) is 46.6 Å². The molecule has 0 aromatic carbocycles. The van der Waals surface area contributed by atoms with Gasteiger partial charge in [0.2, 0.25) is 0 Å². The van der Waals surface area contributed by atoms with Crippen LogP contribution in [0.15, 0.2) is 4.99 Å². The fourth-order valence-corrected chi connectivity index (χ4v) is 2.12. The SMILES string of the molecule is CN=C(NCCOCCS(C)(=O)=O)NC(C)CCC(C)(C)C.I. The summed E-state index contributed by atoms with van der Waals surface area (Å²) in [5, 5.41) is 6.50. The topological polar surface area (TPSA) is 79.8 Å². The third-order valence-electron chi connectivity index (χ3n) is 3.07.